The molecule has 2 aromatic heterocycles. The predicted octanol–water partition coefficient (Wildman–Crippen LogP) is 1.01. The Morgan fingerprint density at radius 2 is 2.24 bits per heavy atom. The van der Waals surface area contributed by atoms with Crippen LogP contribution in [0.5, 0.6) is 0 Å². The van der Waals surface area contributed by atoms with E-state index in [2.05, 4.69) is 60.8 Å². The van der Waals surface area contributed by atoms with Crippen molar-refractivity contribution in [3.05, 3.63) is 35.3 Å². The molecule has 4 N–H and O–H groups in total. The predicted molar refractivity (Wildman–Crippen MR) is 107 cm³/mol. The molecule has 0 aliphatic carbocycles. The first-order valence-corrected chi connectivity index (χ1v) is 9.45. The number of nitrogens with zero attached hydrogens (tertiary/aromatic N) is 6. The molecule has 0 saturated carbocycles. The van der Waals surface area contributed by atoms with Gasteiger partial charge >= 0.3 is 0 Å². The zero-order valence-corrected chi connectivity index (χ0v) is 16.5. The van der Waals surface area contributed by atoms with Crippen molar-refractivity contribution >= 4 is 17.9 Å². The molecule has 0 unspecified atom stereocenters. The smallest absolute Gasteiger partial charge is 0.273 e. The third kappa shape index (κ3) is 5.35. The van der Waals surface area contributed by atoms with Crippen molar-refractivity contribution in [2.45, 2.75) is 33.2 Å². The van der Waals surface area contributed by atoms with Crippen LogP contribution in [-0.2, 0) is 6.54 Å². The Balaban J connectivity index is 1.71. The Labute approximate surface area is 168 Å². The van der Waals surface area contributed by atoms with Gasteiger partial charge in [-0.3, -0.25) is 9.79 Å². The lowest BCUT2D eigenvalue weighted by Gasteiger charge is -2.10. The zero-order chi connectivity index (χ0) is 20.6. The van der Waals surface area contributed by atoms with E-state index in [1.54, 1.807) is 6.20 Å². The van der Waals surface area contributed by atoms with Crippen LogP contribution in [0.1, 0.15) is 42.9 Å². The molecular weight excluding hydrogens is 374 g/mol. The molecule has 154 valence electrons. The highest BCUT2D eigenvalue weighted by atomic mass is 16.6. The average Bonchev–Trinajstić information content (AvgIpc) is 3.19. The van der Waals surface area contributed by atoms with Gasteiger partial charge in [0.15, 0.2) is 5.69 Å². The molecule has 11 heteroatoms. The van der Waals surface area contributed by atoms with Crippen LogP contribution in [0.3, 0.4) is 0 Å². The summed E-state index contributed by atoms with van der Waals surface area (Å²) in [6.07, 6.45) is 9.08. The second-order valence-electron chi connectivity index (χ2n) is 6.96. The summed E-state index contributed by atoms with van der Waals surface area (Å²) in [5.41, 5.74) is 7.64. The van der Waals surface area contributed by atoms with Crippen LogP contribution in [0.2, 0.25) is 0 Å². The summed E-state index contributed by atoms with van der Waals surface area (Å²) in [7, 11) is 0. The van der Waals surface area contributed by atoms with E-state index in [-0.39, 0.29) is 23.2 Å². The number of hydrogen-bond donors (Lipinski definition) is 3. The molecule has 11 nitrogen and oxygen atoms in total. The van der Waals surface area contributed by atoms with E-state index in [0.717, 1.165) is 18.5 Å². The number of aromatic nitrogens is 5. The highest BCUT2D eigenvalue weighted by Crippen LogP contribution is 2.16. The van der Waals surface area contributed by atoms with Crippen LogP contribution in [0.15, 0.2) is 33.5 Å². The summed E-state index contributed by atoms with van der Waals surface area (Å²) in [5.74, 6) is 0.398. The van der Waals surface area contributed by atoms with Crippen LogP contribution in [0.4, 0.5) is 5.82 Å². The second-order valence-corrected chi connectivity index (χ2v) is 6.96. The normalized spacial score (nSPS) is 13.6. The number of nitrogens with two attached hydrogens (primary N) is 1. The lowest BCUT2D eigenvalue weighted by molar-refractivity contribution is 0.0948. The van der Waals surface area contributed by atoms with Gasteiger partial charge in [-0.1, -0.05) is 25.1 Å². The van der Waals surface area contributed by atoms with Crippen LogP contribution in [0, 0.1) is 5.92 Å². The maximum Gasteiger partial charge on any atom is 0.273 e. The molecule has 3 rings (SSSR count). The van der Waals surface area contributed by atoms with Gasteiger partial charge in [0.25, 0.3) is 5.91 Å². The Hall–Kier alpha value is -3.34. The van der Waals surface area contributed by atoms with E-state index in [1.165, 1.54) is 4.68 Å². The molecule has 2 aromatic rings. The van der Waals surface area contributed by atoms with Gasteiger partial charge in [0, 0.05) is 31.9 Å². The van der Waals surface area contributed by atoms with E-state index < -0.39 is 0 Å². The van der Waals surface area contributed by atoms with Crippen molar-refractivity contribution in [2.75, 3.05) is 18.8 Å². The van der Waals surface area contributed by atoms with Crippen LogP contribution < -0.4 is 16.4 Å². The monoisotopic (exact) mass is 399 g/mol. The van der Waals surface area contributed by atoms with Crippen molar-refractivity contribution in [3.63, 3.8) is 0 Å². The van der Waals surface area contributed by atoms with Gasteiger partial charge in [0.1, 0.15) is 0 Å². The maximum atomic E-state index is 12.7. The fourth-order valence-electron chi connectivity index (χ4n) is 2.75. The lowest BCUT2D eigenvalue weighted by atomic mass is 10.1. The van der Waals surface area contributed by atoms with Crippen molar-refractivity contribution in [3.8, 4) is 5.82 Å². The fourth-order valence-corrected chi connectivity index (χ4v) is 2.75. The summed E-state index contributed by atoms with van der Waals surface area (Å²) in [4.78, 5) is 16.8. The zero-order valence-electron chi connectivity index (χ0n) is 16.5. The number of nitrogen functional groups attached to an aromatic ring is 1. The number of rotatable bonds is 9. The Morgan fingerprint density at radius 3 is 3.00 bits per heavy atom. The number of carbonyl (C=O) groups excluding carboxylic acids is 1. The molecule has 29 heavy (non-hydrogen) atoms. The molecule has 1 amide bonds. The Kier molecular flexibility index (Phi) is 6.85. The van der Waals surface area contributed by atoms with Crippen LogP contribution >= 0.6 is 0 Å². The quantitative estimate of drug-likeness (QED) is 0.565. The minimum atomic E-state index is -0.318. The lowest BCUT2D eigenvalue weighted by Crippen LogP contribution is -2.28. The number of anilines is 1. The van der Waals surface area contributed by atoms with E-state index in [0.29, 0.717) is 31.1 Å². The number of allylic oxidation sites excluding steroid dienone is 2. The van der Waals surface area contributed by atoms with E-state index in [9.17, 15) is 4.79 Å². The van der Waals surface area contributed by atoms with Gasteiger partial charge in [-0.2, -0.15) is 4.68 Å². The van der Waals surface area contributed by atoms with Crippen LogP contribution in [-0.4, -0.2) is 50.5 Å². The van der Waals surface area contributed by atoms with Gasteiger partial charge in [0.2, 0.25) is 11.6 Å². The molecule has 0 aromatic carbocycles. The Bertz CT molecular complexity index is 924. The Morgan fingerprint density at radius 1 is 1.38 bits per heavy atom. The van der Waals surface area contributed by atoms with E-state index in [4.69, 9.17) is 5.73 Å². The summed E-state index contributed by atoms with van der Waals surface area (Å²) < 4.78 is 6.03. The number of carbonyl (C=O) groups is 1. The minimum absolute atomic E-state index is 0.0706. The summed E-state index contributed by atoms with van der Waals surface area (Å²) in [6.45, 7) is 5.79. The number of hydrogen-bond acceptors (Lipinski definition) is 9. The van der Waals surface area contributed by atoms with Gasteiger partial charge in [-0.25, -0.2) is 4.63 Å². The highest BCUT2D eigenvalue weighted by Gasteiger charge is 2.23. The number of amides is 1. The minimum Gasteiger partial charge on any atom is -0.378 e. The topological polar surface area (TPSA) is 149 Å². The van der Waals surface area contributed by atoms with Gasteiger partial charge in [0.05, 0.1) is 5.69 Å². The highest BCUT2D eigenvalue weighted by molar-refractivity contribution is 5.93. The molecule has 0 atom stereocenters. The molecule has 0 saturated heterocycles. The molecule has 0 spiro atoms. The van der Waals surface area contributed by atoms with Crippen molar-refractivity contribution < 1.29 is 9.42 Å². The van der Waals surface area contributed by atoms with E-state index in [1.807, 2.05) is 12.3 Å². The third-order valence-electron chi connectivity index (χ3n) is 4.18. The maximum absolute atomic E-state index is 12.7. The van der Waals surface area contributed by atoms with Gasteiger partial charge < -0.3 is 16.4 Å². The molecule has 0 bridgehead atoms. The summed E-state index contributed by atoms with van der Waals surface area (Å²) in [6, 6.07) is 0. The largest absolute Gasteiger partial charge is 0.378 e. The third-order valence-corrected chi connectivity index (χ3v) is 4.18. The fraction of sp³-hybridized carbons (Fsp3) is 0.444. The van der Waals surface area contributed by atoms with Crippen LogP contribution in [0.25, 0.3) is 5.82 Å². The first kappa shape index (κ1) is 20.4. The van der Waals surface area contributed by atoms with E-state index >= 15 is 0 Å². The first-order chi connectivity index (χ1) is 14.1. The average molecular weight is 399 g/mol. The number of nitrogens with one attached hydrogen (secondary N) is 2. The van der Waals surface area contributed by atoms with Crippen molar-refractivity contribution in [1.82, 2.24) is 35.9 Å². The molecule has 1 aliphatic heterocycles. The molecule has 3 heterocycles. The first-order valence-electron chi connectivity index (χ1n) is 9.45. The molecule has 0 radical (unpaired) electrons. The summed E-state index contributed by atoms with van der Waals surface area (Å²) >= 11 is 0. The van der Waals surface area contributed by atoms with Crippen molar-refractivity contribution in [2.24, 2.45) is 10.9 Å². The standard InChI is InChI=1S/C18H25N9O2/c1-12(2)10-21-11-14-15(23-26-27(14)17-16(19)24-29-25-17)18(28)22-9-6-13-4-3-7-20-8-5-13/h4-5,7-8,12,21H,3,6,9-11H2,1-2H3,(H2,19,24)(H,22,28). The molecule has 1 aliphatic rings. The van der Waals surface area contributed by atoms with Gasteiger partial charge in [-0.05, 0) is 40.8 Å². The van der Waals surface area contributed by atoms with Crippen molar-refractivity contribution in [1.29, 1.82) is 0 Å². The SMILES string of the molecule is CC(C)CNCc1c(C(=O)NCCC2=CCC=NC=C2)nnn1-c1nonc1N. The summed E-state index contributed by atoms with van der Waals surface area (Å²) in [5, 5.41) is 21.6. The second kappa shape index (κ2) is 9.73. The molecular formula is C18H25N9O2. The molecule has 0 fully saturated rings. The van der Waals surface area contributed by atoms with Gasteiger partial charge in [-0.15, -0.1) is 5.10 Å². The number of aliphatic imine (C=N–C) groups is 1.